The highest BCUT2D eigenvalue weighted by atomic mass is 19.1. The van der Waals surface area contributed by atoms with Crippen LogP contribution in [0.4, 0.5) is 17.6 Å². The van der Waals surface area contributed by atoms with E-state index in [1.165, 1.54) is 68.9 Å². The first-order valence-electron chi connectivity index (χ1n) is 10.2. The largest absolute Gasteiger partial charge is 0.251 e. The zero-order valence-corrected chi connectivity index (χ0v) is 16.7. The van der Waals surface area contributed by atoms with Crippen molar-refractivity contribution in [2.75, 3.05) is 6.67 Å². The average molecular weight is 405 g/mol. The van der Waals surface area contributed by atoms with E-state index in [0.717, 1.165) is 24.5 Å². The van der Waals surface area contributed by atoms with E-state index in [-0.39, 0.29) is 12.2 Å². The van der Waals surface area contributed by atoms with Crippen LogP contribution < -0.4 is 0 Å². The van der Waals surface area contributed by atoms with E-state index in [1.807, 2.05) is 0 Å². The van der Waals surface area contributed by atoms with Crippen LogP contribution in [0.1, 0.15) is 57.4 Å². The molecule has 0 atom stereocenters. The number of hydrogen-bond acceptors (Lipinski definition) is 1. The standard InChI is InChI=1S/C13H6F3N.C11H21F/c14-10-3-1-8(2-4-10)9-5-12(15)11(7-17)13(16)6-9;1-2-3-10-4-6-11(7-5-10)8-9-12/h1-6H;10-11H,2-9H2,1H3. The molecule has 0 amide bonds. The summed E-state index contributed by atoms with van der Waals surface area (Å²) in [5.74, 6) is -0.601. The molecule has 0 saturated heterocycles. The second-order valence-corrected chi connectivity index (χ2v) is 7.59. The molecule has 1 aliphatic carbocycles. The van der Waals surface area contributed by atoms with E-state index < -0.39 is 23.0 Å². The smallest absolute Gasteiger partial charge is 0.144 e. The van der Waals surface area contributed by atoms with Gasteiger partial charge in [-0.1, -0.05) is 57.6 Å². The third kappa shape index (κ3) is 6.88. The molecule has 0 bridgehead atoms. The summed E-state index contributed by atoms with van der Waals surface area (Å²) in [5, 5.41) is 8.52. The minimum Gasteiger partial charge on any atom is -0.251 e. The third-order valence-electron chi connectivity index (χ3n) is 5.51. The Morgan fingerprint density at radius 1 is 0.862 bits per heavy atom. The number of benzene rings is 2. The van der Waals surface area contributed by atoms with Gasteiger partial charge in [-0.05, 0) is 53.6 Å². The molecule has 0 unspecified atom stereocenters. The number of rotatable bonds is 5. The third-order valence-corrected chi connectivity index (χ3v) is 5.51. The summed E-state index contributed by atoms with van der Waals surface area (Å²) in [6.45, 7) is 2.15. The summed E-state index contributed by atoms with van der Waals surface area (Å²) in [7, 11) is 0. The lowest BCUT2D eigenvalue weighted by molar-refractivity contribution is 0.238. The molecule has 0 aromatic heterocycles. The van der Waals surface area contributed by atoms with Crippen molar-refractivity contribution in [2.24, 2.45) is 11.8 Å². The van der Waals surface area contributed by atoms with Gasteiger partial charge >= 0.3 is 0 Å². The van der Waals surface area contributed by atoms with Crippen molar-refractivity contribution in [1.29, 1.82) is 5.26 Å². The maximum Gasteiger partial charge on any atom is 0.144 e. The Bertz CT molecular complexity index is 766. The zero-order valence-electron chi connectivity index (χ0n) is 16.7. The molecular weight excluding hydrogens is 378 g/mol. The van der Waals surface area contributed by atoms with E-state index in [9.17, 15) is 17.6 Å². The van der Waals surface area contributed by atoms with Crippen LogP contribution in [-0.4, -0.2) is 6.67 Å². The van der Waals surface area contributed by atoms with Crippen molar-refractivity contribution < 1.29 is 17.6 Å². The van der Waals surface area contributed by atoms with Crippen molar-refractivity contribution in [1.82, 2.24) is 0 Å². The molecule has 2 aromatic rings. The molecule has 156 valence electrons. The summed E-state index contributed by atoms with van der Waals surface area (Å²) in [4.78, 5) is 0. The van der Waals surface area contributed by atoms with E-state index in [4.69, 9.17) is 5.26 Å². The maximum atomic E-state index is 13.3. The molecule has 0 heterocycles. The SMILES string of the molecule is CCCC1CCC(CCF)CC1.N#Cc1c(F)cc(-c2ccc(F)cc2)cc1F. The van der Waals surface area contributed by atoms with E-state index in [2.05, 4.69) is 6.92 Å². The minimum absolute atomic E-state index is 0.108. The highest BCUT2D eigenvalue weighted by molar-refractivity contribution is 5.64. The van der Waals surface area contributed by atoms with Gasteiger partial charge in [0, 0.05) is 0 Å². The van der Waals surface area contributed by atoms with Crippen molar-refractivity contribution in [2.45, 2.75) is 51.9 Å². The van der Waals surface area contributed by atoms with E-state index in [1.54, 1.807) is 0 Å². The predicted molar refractivity (Wildman–Crippen MR) is 107 cm³/mol. The van der Waals surface area contributed by atoms with Crippen LogP contribution in [0.5, 0.6) is 0 Å². The van der Waals surface area contributed by atoms with Crippen LogP contribution >= 0.6 is 0 Å². The lowest BCUT2D eigenvalue weighted by atomic mass is 9.79. The molecule has 2 aromatic carbocycles. The number of halogens is 4. The zero-order chi connectivity index (χ0) is 21.2. The van der Waals surface area contributed by atoms with Crippen molar-refractivity contribution in [3.05, 3.63) is 59.4 Å². The molecule has 29 heavy (non-hydrogen) atoms. The van der Waals surface area contributed by atoms with Crippen molar-refractivity contribution >= 4 is 0 Å². The van der Waals surface area contributed by atoms with Gasteiger partial charge in [0.1, 0.15) is 29.1 Å². The second kappa shape index (κ2) is 11.6. The topological polar surface area (TPSA) is 23.8 Å². The Hall–Kier alpha value is -2.35. The van der Waals surface area contributed by atoms with Gasteiger partial charge in [-0.2, -0.15) is 5.26 Å². The Balaban J connectivity index is 0.000000221. The predicted octanol–water partition coefficient (Wildman–Crippen LogP) is 7.60. The van der Waals surface area contributed by atoms with Crippen LogP contribution in [0.2, 0.25) is 0 Å². The van der Waals surface area contributed by atoms with Crippen LogP contribution in [0, 0.1) is 40.6 Å². The highest BCUT2D eigenvalue weighted by Crippen LogP contribution is 2.33. The summed E-state index contributed by atoms with van der Waals surface area (Å²) in [6, 6.07) is 8.76. The Morgan fingerprint density at radius 3 is 1.83 bits per heavy atom. The van der Waals surface area contributed by atoms with Crippen molar-refractivity contribution in [3.8, 4) is 17.2 Å². The molecule has 0 aliphatic heterocycles. The lowest BCUT2D eigenvalue weighted by Crippen LogP contribution is -2.14. The van der Waals surface area contributed by atoms with Crippen LogP contribution in [0.3, 0.4) is 0 Å². The Morgan fingerprint density at radius 2 is 1.38 bits per heavy atom. The average Bonchev–Trinajstić information content (AvgIpc) is 2.71. The first-order chi connectivity index (χ1) is 14.0. The lowest BCUT2D eigenvalue weighted by Gasteiger charge is -2.27. The summed E-state index contributed by atoms with van der Waals surface area (Å²) >= 11 is 0. The van der Waals surface area contributed by atoms with Gasteiger partial charge in [0.15, 0.2) is 0 Å². The van der Waals surface area contributed by atoms with Gasteiger partial charge in [-0.25, -0.2) is 13.2 Å². The van der Waals surface area contributed by atoms with Gasteiger partial charge < -0.3 is 0 Å². The Labute approximate surface area is 170 Å². The van der Waals surface area contributed by atoms with E-state index in [0.29, 0.717) is 11.5 Å². The molecule has 0 N–H and O–H groups in total. The Kier molecular flexibility index (Phi) is 9.18. The quantitative estimate of drug-likeness (QED) is 0.470. The van der Waals surface area contributed by atoms with Gasteiger partial charge in [-0.3, -0.25) is 4.39 Å². The molecule has 5 heteroatoms. The van der Waals surface area contributed by atoms with Gasteiger partial charge in [0.05, 0.1) is 6.67 Å². The monoisotopic (exact) mass is 405 g/mol. The number of nitrogens with zero attached hydrogens (tertiary/aromatic N) is 1. The molecule has 3 rings (SSSR count). The summed E-state index contributed by atoms with van der Waals surface area (Å²) < 4.78 is 51.4. The molecule has 0 radical (unpaired) electrons. The number of nitriles is 1. The second-order valence-electron chi connectivity index (χ2n) is 7.59. The summed E-state index contributed by atoms with van der Waals surface area (Å²) in [5.41, 5.74) is 0.128. The van der Waals surface area contributed by atoms with Gasteiger partial charge in [-0.15, -0.1) is 0 Å². The molecule has 0 spiro atoms. The number of hydrogen-bond donors (Lipinski definition) is 0. The fourth-order valence-corrected chi connectivity index (χ4v) is 3.86. The summed E-state index contributed by atoms with van der Waals surface area (Å²) in [6.07, 6.45) is 8.82. The molecule has 1 aliphatic rings. The van der Waals surface area contributed by atoms with Crippen LogP contribution in [-0.2, 0) is 0 Å². The molecule has 1 fully saturated rings. The molecule has 1 saturated carbocycles. The van der Waals surface area contributed by atoms with Crippen LogP contribution in [0.15, 0.2) is 36.4 Å². The first-order valence-corrected chi connectivity index (χ1v) is 10.2. The van der Waals surface area contributed by atoms with Gasteiger partial charge in [0.2, 0.25) is 0 Å². The first kappa shape index (κ1) is 22.9. The van der Waals surface area contributed by atoms with Crippen LogP contribution in [0.25, 0.3) is 11.1 Å². The number of alkyl halides is 1. The molecule has 1 nitrogen and oxygen atoms in total. The fourth-order valence-electron chi connectivity index (χ4n) is 3.86. The fraction of sp³-hybridized carbons (Fsp3) is 0.458. The maximum absolute atomic E-state index is 13.3. The van der Waals surface area contributed by atoms with E-state index >= 15 is 0 Å². The minimum atomic E-state index is -0.924. The highest BCUT2D eigenvalue weighted by Gasteiger charge is 2.19. The molecular formula is C24H27F4N. The van der Waals surface area contributed by atoms with Crippen molar-refractivity contribution in [3.63, 3.8) is 0 Å². The normalized spacial score (nSPS) is 18.5. The van der Waals surface area contributed by atoms with Gasteiger partial charge in [0.25, 0.3) is 0 Å².